The Bertz CT molecular complexity index is 921. The SMILES string of the molecule is O=c1oc(CCCCc2ccco2)cc(O)c1C(c1ccccc1)C1CC1. The van der Waals surface area contributed by atoms with Crippen molar-refractivity contribution < 1.29 is 13.9 Å². The van der Waals surface area contributed by atoms with E-state index < -0.39 is 5.63 Å². The smallest absolute Gasteiger partial charge is 0.343 e. The van der Waals surface area contributed by atoms with Crippen LogP contribution in [-0.2, 0) is 12.8 Å². The second kappa shape index (κ2) is 7.87. The van der Waals surface area contributed by atoms with E-state index in [9.17, 15) is 9.90 Å². The van der Waals surface area contributed by atoms with Gasteiger partial charge in [-0.1, -0.05) is 30.3 Å². The predicted molar refractivity (Wildman–Crippen MR) is 103 cm³/mol. The molecule has 0 radical (unpaired) electrons. The Labute approximate surface area is 158 Å². The monoisotopic (exact) mass is 364 g/mol. The highest BCUT2D eigenvalue weighted by Crippen LogP contribution is 2.47. The second-order valence-corrected chi connectivity index (χ2v) is 7.31. The van der Waals surface area contributed by atoms with Gasteiger partial charge in [-0.2, -0.15) is 0 Å². The quantitative estimate of drug-likeness (QED) is 0.568. The molecule has 0 saturated heterocycles. The highest BCUT2D eigenvalue weighted by molar-refractivity contribution is 5.41. The fourth-order valence-corrected chi connectivity index (χ4v) is 3.77. The molecule has 1 unspecified atom stereocenters. The molecular weight excluding hydrogens is 340 g/mol. The fraction of sp³-hybridized carbons (Fsp3) is 0.348. The zero-order valence-corrected chi connectivity index (χ0v) is 15.3. The van der Waals surface area contributed by atoms with Gasteiger partial charge in [0.25, 0.3) is 0 Å². The van der Waals surface area contributed by atoms with Crippen LogP contribution in [0.4, 0.5) is 0 Å². The van der Waals surface area contributed by atoms with Crippen LogP contribution in [-0.4, -0.2) is 5.11 Å². The first-order chi connectivity index (χ1) is 13.2. The van der Waals surface area contributed by atoms with Gasteiger partial charge in [0, 0.05) is 24.8 Å². The number of benzene rings is 1. The third-order valence-electron chi connectivity index (χ3n) is 5.26. The zero-order valence-electron chi connectivity index (χ0n) is 15.3. The number of aryl methyl sites for hydroxylation is 2. The Kier molecular flexibility index (Phi) is 5.14. The Morgan fingerprint density at radius 3 is 2.37 bits per heavy atom. The molecule has 1 fully saturated rings. The van der Waals surface area contributed by atoms with Crippen molar-refractivity contribution in [3.8, 4) is 5.75 Å². The van der Waals surface area contributed by atoms with Gasteiger partial charge < -0.3 is 13.9 Å². The minimum atomic E-state index is -0.406. The molecule has 1 aliphatic carbocycles. The van der Waals surface area contributed by atoms with Crippen LogP contribution in [0.25, 0.3) is 0 Å². The Hall–Kier alpha value is -2.75. The number of hydrogen-bond acceptors (Lipinski definition) is 4. The summed E-state index contributed by atoms with van der Waals surface area (Å²) in [4.78, 5) is 12.7. The van der Waals surface area contributed by atoms with Crippen LogP contribution >= 0.6 is 0 Å². The van der Waals surface area contributed by atoms with Gasteiger partial charge in [0.05, 0.1) is 11.8 Å². The van der Waals surface area contributed by atoms with E-state index in [1.165, 1.54) is 0 Å². The molecule has 2 heterocycles. The summed E-state index contributed by atoms with van der Waals surface area (Å²) in [7, 11) is 0. The second-order valence-electron chi connectivity index (χ2n) is 7.31. The lowest BCUT2D eigenvalue weighted by Crippen LogP contribution is -2.16. The molecular formula is C23H24O4. The van der Waals surface area contributed by atoms with Gasteiger partial charge in [0.1, 0.15) is 17.3 Å². The van der Waals surface area contributed by atoms with Gasteiger partial charge in [0.2, 0.25) is 0 Å². The third-order valence-corrected chi connectivity index (χ3v) is 5.26. The largest absolute Gasteiger partial charge is 0.507 e. The Morgan fingerprint density at radius 1 is 1.00 bits per heavy atom. The number of rotatable bonds is 8. The molecule has 4 rings (SSSR count). The minimum absolute atomic E-state index is 0.0630. The number of furan rings is 1. The number of unbranched alkanes of at least 4 members (excludes halogenated alkanes) is 1. The maximum Gasteiger partial charge on any atom is 0.343 e. The Balaban J connectivity index is 1.49. The van der Waals surface area contributed by atoms with E-state index in [1.54, 1.807) is 12.3 Å². The standard InChI is InChI=1S/C23H24O4/c24-20-15-19(10-5-4-9-18-11-6-14-26-18)27-23(25)22(20)21(17-12-13-17)16-7-2-1-3-8-16/h1-3,6-8,11,14-15,17,21,24H,4-5,9-10,12-13H2. The fourth-order valence-electron chi connectivity index (χ4n) is 3.77. The van der Waals surface area contributed by atoms with Gasteiger partial charge in [-0.15, -0.1) is 0 Å². The zero-order chi connectivity index (χ0) is 18.6. The maximum absolute atomic E-state index is 12.7. The van der Waals surface area contributed by atoms with Crippen molar-refractivity contribution in [3.63, 3.8) is 0 Å². The summed E-state index contributed by atoms with van der Waals surface area (Å²) in [5, 5.41) is 10.6. The first-order valence-electron chi connectivity index (χ1n) is 9.65. The van der Waals surface area contributed by atoms with E-state index in [0.29, 0.717) is 23.7 Å². The Morgan fingerprint density at radius 2 is 1.74 bits per heavy atom. The molecule has 140 valence electrons. The average molecular weight is 364 g/mol. The molecule has 0 amide bonds. The normalized spacial score (nSPS) is 15.0. The van der Waals surface area contributed by atoms with Crippen molar-refractivity contribution in [2.45, 2.75) is 44.4 Å². The highest BCUT2D eigenvalue weighted by Gasteiger charge is 2.37. The minimum Gasteiger partial charge on any atom is -0.507 e. The summed E-state index contributed by atoms with van der Waals surface area (Å²) in [6, 6.07) is 15.4. The number of hydrogen-bond donors (Lipinski definition) is 1. The van der Waals surface area contributed by atoms with Gasteiger partial charge in [-0.25, -0.2) is 4.79 Å². The van der Waals surface area contributed by atoms with E-state index in [0.717, 1.165) is 43.4 Å². The lowest BCUT2D eigenvalue weighted by atomic mass is 9.87. The number of aromatic hydroxyl groups is 1. The van der Waals surface area contributed by atoms with Crippen LogP contribution in [0.3, 0.4) is 0 Å². The van der Waals surface area contributed by atoms with Crippen LogP contribution in [0.15, 0.2) is 68.4 Å². The van der Waals surface area contributed by atoms with Gasteiger partial charge in [-0.3, -0.25) is 0 Å². The lowest BCUT2D eigenvalue weighted by Gasteiger charge is -2.17. The van der Waals surface area contributed by atoms with Crippen LogP contribution < -0.4 is 5.63 Å². The first kappa shape index (κ1) is 17.7. The molecule has 3 aromatic rings. The summed E-state index contributed by atoms with van der Waals surface area (Å²) in [6.45, 7) is 0. The van der Waals surface area contributed by atoms with Crippen LogP contribution in [0, 0.1) is 5.92 Å². The summed E-state index contributed by atoms with van der Waals surface area (Å²) in [5.41, 5.74) is 1.06. The van der Waals surface area contributed by atoms with Crippen LogP contribution in [0.2, 0.25) is 0 Å². The van der Waals surface area contributed by atoms with Crippen molar-refractivity contribution in [2.24, 2.45) is 5.92 Å². The first-order valence-corrected chi connectivity index (χ1v) is 9.65. The molecule has 2 aromatic heterocycles. The summed E-state index contributed by atoms with van der Waals surface area (Å²) in [6.07, 6.45) is 7.12. The highest BCUT2D eigenvalue weighted by atomic mass is 16.4. The van der Waals surface area contributed by atoms with Gasteiger partial charge >= 0.3 is 5.63 Å². The van der Waals surface area contributed by atoms with Crippen molar-refractivity contribution in [1.82, 2.24) is 0 Å². The lowest BCUT2D eigenvalue weighted by molar-refractivity contribution is 0.399. The van der Waals surface area contributed by atoms with Crippen molar-refractivity contribution >= 4 is 0 Å². The van der Waals surface area contributed by atoms with Crippen molar-refractivity contribution in [2.75, 3.05) is 0 Å². The molecule has 1 saturated carbocycles. The predicted octanol–water partition coefficient (Wildman–Crippen LogP) is 5.05. The van der Waals surface area contributed by atoms with Crippen molar-refractivity contribution in [3.05, 3.63) is 87.9 Å². The molecule has 1 N–H and O–H groups in total. The van der Waals surface area contributed by atoms with Gasteiger partial charge in [0.15, 0.2) is 0 Å². The molecule has 1 aromatic carbocycles. The summed E-state index contributed by atoms with van der Waals surface area (Å²) < 4.78 is 10.9. The van der Waals surface area contributed by atoms with Crippen molar-refractivity contribution in [1.29, 1.82) is 0 Å². The molecule has 4 nitrogen and oxygen atoms in total. The maximum atomic E-state index is 12.7. The molecule has 0 spiro atoms. The van der Waals surface area contributed by atoms with Crippen LogP contribution in [0.5, 0.6) is 5.75 Å². The van der Waals surface area contributed by atoms with Crippen LogP contribution in [0.1, 0.15) is 54.2 Å². The molecule has 0 aliphatic heterocycles. The van der Waals surface area contributed by atoms with E-state index in [4.69, 9.17) is 8.83 Å². The third kappa shape index (κ3) is 4.16. The molecule has 27 heavy (non-hydrogen) atoms. The van der Waals surface area contributed by atoms with E-state index in [-0.39, 0.29) is 11.7 Å². The molecule has 0 bridgehead atoms. The van der Waals surface area contributed by atoms with Gasteiger partial charge in [-0.05, 0) is 49.3 Å². The average Bonchev–Trinajstić information content (AvgIpc) is 3.37. The molecule has 1 atom stereocenters. The summed E-state index contributed by atoms with van der Waals surface area (Å²) in [5.74, 6) is 1.89. The topological polar surface area (TPSA) is 63.6 Å². The van der Waals surface area contributed by atoms with E-state index in [2.05, 4.69) is 0 Å². The molecule has 1 aliphatic rings. The van der Waals surface area contributed by atoms with E-state index in [1.807, 2.05) is 42.5 Å². The van der Waals surface area contributed by atoms with E-state index >= 15 is 0 Å². The summed E-state index contributed by atoms with van der Waals surface area (Å²) >= 11 is 0. The molecule has 4 heteroatoms.